The maximum Gasteiger partial charge on any atom is 0.254 e. The molecule has 5 heteroatoms. The van der Waals surface area contributed by atoms with Crippen molar-refractivity contribution in [3.63, 3.8) is 0 Å². The van der Waals surface area contributed by atoms with Crippen LogP contribution in [-0.2, 0) is 6.54 Å². The zero-order valence-corrected chi connectivity index (χ0v) is 11.4. The Morgan fingerprint density at radius 3 is 2.58 bits per heavy atom. The molecule has 0 aliphatic rings. The molecule has 0 radical (unpaired) electrons. The maximum atomic E-state index is 13.5. The van der Waals surface area contributed by atoms with Gasteiger partial charge in [0.2, 0.25) is 0 Å². The molecule has 0 aromatic heterocycles. The fourth-order valence-corrected chi connectivity index (χ4v) is 1.95. The van der Waals surface area contributed by atoms with Crippen molar-refractivity contribution in [3.05, 3.63) is 69.7 Å². The van der Waals surface area contributed by atoms with E-state index in [9.17, 15) is 13.6 Å². The van der Waals surface area contributed by atoms with E-state index >= 15 is 0 Å². The van der Waals surface area contributed by atoms with Crippen LogP contribution in [0.3, 0.4) is 0 Å². The van der Waals surface area contributed by atoms with Crippen LogP contribution in [0.4, 0.5) is 8.78 Å². The fourth-order valence-electron chi connectivity index (χ4n) is 1.58. The first kappa shape index (κ1) is 13.7. The molecular formula is C14H10BrF2NO. The van der Waals surface area contributed by atoms with Crippen molar-refractivity contribution in [1.29, 1.82) is 0 Å². The summed E-state index contributed by atoms with van der Waals surface area (Å²) in [5.74, 6) is -1.60. The van der Waals surface area contributed by atoms with Gasteiger partial charge in [0.25, 0.3) is 5.91 Å². The van der Waals surface area contributed by atoms with E-state index < -0.39 is 17.5 Å². The second kappa shape index (κ2) is 5.93. The zero-order valence-electron chi connectivity index (χ0n) is 9.79. The van der Waals surface area contributed by atoms with E-state index in [0.29, 0.717) is 10.0 Å². The summed E-state index contributed by atoms with van der Waals surface area (Å²) >= 11 is 3.17. The molecule has 0 heterocycles. The summed E-state index contributed by atoms with van der Waals surface area (Å²) in [6.07, 6.45) is 0. The van der Waals surface area contributed by atoms with Crippen LogP contribution in [0.25, 0.3) is 0 Å². The van der Waals surface area contributed by atoms with Crippen LogP contribution in [0.15, 0.2) is 46.9 Å². The Kier molecular flexibility index (Phi) is 4.27. The number of carbonyl (C=O) groups is 1. The first-order chi connectivity index (χ1) is 9.08. The van der Waals surface area contributed by atoms with Crippen molar-refractivity contribution >= 4 is 21.8 Å². The van der Waals surface area contributed by atoms with Crippen molar-refractivity contribution in [3.8, 4) is 0 Å². The van der Waals surface area contributed by atoms with E-state index in [1.54, 1.807) is 18.2 Å². The van der Waals surface area contributed by atoms with Gasteiger partial charge in [-0.25, -0.2) is 8.78 Å². The van der Waals surface area contributed by atoms with E-state index in [1.165, 1.54) is 24.3 Å². The van der Waals surface area contributed by atoms with Gasteiger partial charge in [-0.1, -0.05) is 34.1 Å². The molecule has 0 saturated heterocycles. The Morgan fingerprint density at radius 1 is 1.11 bits per heavy atom. The normalized spacial score (nSPS) is 10.3. The molecule has 0 fully saturated rings. The molecule has 2 rings (SSSR count). The summed E-state index contributed by atoms with van der Waals surface area (Å²) in [4.78, 5) is 11.8. The average molecular weight is 326 g/mol. The highest BCUT2D eigenvalue weighted by Gasteiger charge is 2.12. The number of hydrogen-bond acceptors (Lipinski definition) is 1. The Balaban J connectivity index is 2.10. The molecule has 0 atom stereocenters. The number of nitrogens with one attached hydrogen (secondary N) is 1. The van der Waals surface area contributed by atoms with Crippen molar-refractivity contribution in [2.24, 2.45) is 0 Å². The fraction of sp³-hybridized carbons (Fsp3) is 0.0714. The van der Waals surface area contributed by atoms with Crippen molar-refractivity contribution in [1.82, 2.24) is 5.32 Å². The molecule has 2 aromatic carbocycles. The summed E-state index contributed by atoms with van der Waals surface area (Å²) in [5, 5.41) is 2.48. The minimum absolute atomic E-state index is 0.0114. The van der Waals surface area contributed by atoms with Crippen molar-refractivity contribution in [2.45, 2.75) is 6.54 Å². The van der Waals surface area contributed by atoms with E-state index in [0.717, 1.165) is 0 Å². The van der Waals surface area contributed by atoms with Crippen LogP contribution in [-0.4, -0.2) is 5.91 Å². The predicted octanol–water partition coefficient (Wildman–Crippen LogP) is 3.66. The molecule has 0 spiro atoms. The predicted molar refractivity (Wildman–Crippen MR) is 71.7 cm³/mol. The molecule has 0 saturated carbocycles. The second-order valence-corrected chi connectivity index (χ2v) is 4.81. The van der Waals surface area contributed by atoms with Gasteiger partial charge in [0.1, 0.15) is 11.6 Å². The Labute approximate surface area is 117 Å². The van der Waals surface area contributed by atoms with Crippen LogP contribution >= 0.6 is 15.9 Å². The van der Waals surface area contributed by atoms with Gasteiger partial charge in [-0.3, -0.25) is 4.79 Å². The number of carbonyl (C=O) groups excluding carboxylic acids is 1. The van der Waals surface area contributed by atoms with Crippen LogP contribution in [0.1, 0.15) is 15.9 Å². The lowest BCUT2D eigenvalue weighted by Crippen LogP contribution is -2.24. The summed E-state index contributed by atoms with van der Waals surface area (Å²) in [6, 6.07) is 10.2. The summed E-state index contributed by atoms with van der Waals surface area (Å²) < 4.78 is 27.4. The molecular weight excluding hydrogens is 316 g/mol. The molecule has 98 valence electrons. The molecule has 19 heavy (non-hydrogen) atoms. The van der Waals surface area contributed by atoms with Gasteiger partial charge < -0.3 is 5.32 Å². The van der Waals surface area contributed by atoms with Gasteiger partial charge in [0.15, 0.2) is 0 Å². The Hall–Kier alpha value is -1.75. The largest absolute Gasteiger partial charge is 0.348 e. The van der Waals surface area contributed by atoms with Crippen LogP contribution in [0, 0.1) is 11.6 Å². The summed E-state index contributed by atoms with van der Waals surface area (Å²) in [6.45, 7) is 0.0114. The third-order valence-corrected chi connectivity index (χ3v) is 3.06. The lowest BCUT2D eigenvalue weighted by Gasteiger charge is -2.07. The van der Waals surface area contributed by atoms with Crippen molar-refractivity contribution < 1.29 is 13.6 Å². The molecule has 1 amide bonds. The van der Waals surface area contributed by atoms with Gasteiger partial charge in [0, 0.05) is 16.6 Å². The zero-order chi connectivity index (χ0) is 13.8. The standard InChI is InChI=1S/C14H10BrF2NO/c15-10-5-6-13(17)11(7-10)14(19)18-8-9-3-1-2-4-12(9)16/h1-7H,8H2,(H,18,19). The highest BCUT2D eigenvalue weighted by Crippen LogP contribution is 2.15. The number of rotatable bonds is 3. The minimum atomic E-state index is -0.616. The number of benzene rings is 2. The maximum absolute atomic E-state index is 13.5. The molecule has 0 aliphatic carbocycles. The lowest BCUT2D eigenvalue weighted by atomic mass is 10.1. The van der Waals surface area contributed by atoms with Crippen molar-refractivity contribution in [2.75, 3.05) is 0 Å². The van der Waals surface area contributed by atoms with Gasteiger partial charge in [-0.05, 0) is 24.3 Å². The first-order valence-corrected chi connectivity index (χ1v) is 6.34. The minimum Gasteiger partial charge on any atom is -0.348 e. The molecule has 2 aromatic rings. The Morgan fingerprint density at radius 2 is 1.84 bits per heavy atom. The molecule has 2 nitrogen and oxygen atoms in total. The number of halogens is 3. The van der Waals surface area contributed by atoms with E-state index in [2.05, 4.69) is 21.2 Å². The Bertz CT molecular complexity index is 616. The molecule has 0 bridgehead atoms. The monoisotopic (exact) mass is 325 g/mol. The third-order valence-electron chi connectivity index (χ3n) is 2.57. The highest BCUT2D eigenvalue weighted by atomic mass is 79.9. The van der Waals surface area contributed by atoms with Gasteiger partial charge in [0.05, 0.1) is 5.56 Å². The number of amides is 1. The third kappa shape index (κ3) is 3.38. The van der Waals surface area contributed by atoms with Crippen LogP contribution < -0.4 is 5.32 Å². The second-order valence-electron chi connectivity index (χ2n) is 3.90. The molecule has 1 N–H and O–H groups in total. The average Bonchev–Trinajstić information content (AvgIpc) is 2.40. The highest BCUT2D eigenvalue weighted by molar-refractivity contribution is 9.10. The SMILES string of the molecule is O=C(NCc1ccccc1F)c1cc(Br)ccc1F. The molecule has 0 unspecified atom stereocenters. The lowest BCUT2D eigenvalue weighted by molar-refractivity contribution is 0.0946. The first-order valence-electron chi connectivity index (χ1n) is 5.54. The smallest absolute Gasteiger partial charge is 0.254 e. The van der Waals surface area contributed by atoms with E-state index in [-0.39, 0.29) is 12.1 Å². The van der Waals surface area contributed by atoms with E-state index in [1.807, 2.05) is 0 Å². The summed E-state index contributed by atoms with van der Waals surface area (Å²) in [7, 11) is 0. The van der Waals surface area contributed by atoms with E-state index in [4.69, 9.17) is 0 Å². The van der Waals surface area contributed by atoms with Crippen LogP contribution in [0.5, 0.6) is 0 Å². The van der Waals surface area contributed by atoms with Gasteiger partial charge >= 0.3 is 0 Å². The number of hydrogen-bond donors (Lipinski definition) is 1. The topological polar surface area (TPSA) is 29.1 Å². The van der Waals surface area contributed by atoms with Crippen LogP contribution in [0.2, 0.25) is 0 Å². The summed E-state index contributed by atoms with van der Waals surface area (Å²) in [5.41, 5.74) is 0.275. The van der Waals surface area contributed by atoms with Gasteiger partial charge in [-0.2, -0.15) is 0 Å². The van der Waals surface area contributed by atoms with Gasteiger partial charge in [-0.15, -0.1) is 0 Å². The molecule has 0 aliphatic heterocycles. The quantitative estimate of drug-likeness (QED) is 0.916.